The third-order valence-corrected chi connectivity index (χ3v) is 5.94. The van der Waals surface area contributed by atoms with Crippen LogP contribution >= 0.6 is 0 Å². The van der Waals surface area contributed by atoms with Gasteiger partial charge in [0, 0.05) is 32.4 Å². The summed E-state index contributed by atoms with van der Waals surface area (Å²) in [6.45, 7) is 4.65. The summed E-state index contributed by atoms with van der Waals surface area (Å²) in [6, 6.07) is 10.3. The van der Waals surface area contributed by atoms with Crippen molar-refractivity contribution in [2.24, 2.45) is 10.9 Å². The summed E-state index contributed by atoms with van der Waals surface area (Å²) in [6.07, 6.45) is 1.77. The van der Waals surface area contributed by atoms with E-state index in [0.717, 1.165) is 18.9 Å². The number of nitrogens with zero attached hydrogens (tertiary/aromatic N) is 4. The largest absolute Gasteiger partial charge is 0.493 e. The molecule has 0 radical (unpaired) electrons. The molecule has 1 N–H and O–H groups in total. The molecule has 10 nitrogen and oxygen atoms in total. The zero-order valence-corrected chi connectivity index (χ0v) is 19.6. The van der Waals surface area contributed by atoms with Gasteiger partial charge in [-0.05, 0) is 36.8 Å². The number of nitrogens with one attached hydrogen (secondary N) is 1. The molecule has 1 saturated heterocycles. The van der Waals surface area contributed by atoms with Crippen molar-refractivity contribution in [2.45, 2.75) is 13.0 Å². The third-order valence-electron chi connectivity index (χ3n) is 5.94. The fourth-order valence-electron chi connectivity index (χ4n) is 4.19. The number of benzene rings is 1. The molecular formula is C24H29N5O5. The molecule has 0 spiro atoms. The Labute approximate surface area is 198 Å². The molecule has 1 aromatic carbocycles. The molecule has 4 rings (SSSR count). The first-order valence-electron chi connectivity index (χ1n) is 11.2. The van der Waals surface area contributed by atoms with Crippen LogP contribution in [0.1, 0.15) is 18.5 Å². The van der Waals surface area contributed by atoms with Crippen LogP contribution in [0.15, 0.2) is 47.6 Å². The van der Waals surface area contributed by atoms with Gasteiger partial charge in [-0.15, -0.1) is 0 Å². The number of ether oxygens (including phenoxy) is 3. The van der Waals surface area contributed by atoms with Crippen LogP contribution in [0.5, 0.6) is 11.5 Å². The van der Waals surface area contributed by atoms with E-state index < -0.39 is 23.8 Å². The number of carbonyl (C=O) groups excluding carboxylic acids is 2. The van der Waals surface area contributed by atoms with E-state index in [1.165, 1.54) is 7.11 Å². The summed E-state index contributed by atoms with van der Waals surface area (Å²) < 4.78 is 15.9. The van der Waals surface area contributed by atoms with E-state index in [1.54, 1.807) is 38.4 Å². The molecule has 2 atom stereocenters. The van der Waals surface area contributed by atoms with Crippen molar-refractivity contribution >= 4 is 23.7 Å². The number of esters is 1. The number of amides is 1. The van der Waals surface area contributed by atoms with Gasteiger partial charge in [-0.3, -0.25) is 14.9 Å². The lowest BCUT2D eigenvalue weighted by atomic mass is 9.91. The predicted molar refractivity (Wildman–Crippen MR) is 126 cm³/mol. The lowest BCUT2D eigenvalue weighted by Gasteiger charge is -2.39. The fourth-order valence-corrected chi connectivity index (χ4v) is 4.19. The van der Waals surface area contributed by atoms with Crippen molar-refractivity contribution in [1.82, 2.24) is 15.2 Å². The van der Waals surface area contributed by atoms with E-state index in [1.807, 2.05) is 23.1 Å². The number of guanidine groups is 1. The lowest BCUT2D eigenvalue weighted by molar-refractivity contribution is -0.153. The van der Waals surface area contributed by atoms with Crippen LogP contribution in [0.4, 0.5) is 5.82 Å². The molecule has 1 fully saturated rings. The number of pyridine rings is 1. The quantitative estimate of drug-likeness (QED) is 0.505. The van der Waals surface area contributed by atoms with Gasteiger partial charge in [-0.1, -0.05) is 12.1 Å². The van der Waals surface area contributed by atoms with Crippen molar-refractivity contribution in [2.75, 3.05) is 51.9 Å². The second-order valence-electron chi connectivity index (χ2n) is 7.89. The Morgan fingerprint density at radius 2 is 1.79 bits per heavy atom. The smallest absolute Gasteiger partial charge is 0.321 e. The Morgan fingerprint density at radius 1 is 1.06 bits per heavy atom. The number of piperazine rings is 1. The van der Waals surface area contributed by atoms with Gasteiger partial charge in [0.05, 0.1) is 20.8 Å². The maximum atomic E-state index is 13.1. The van der Waals surface area contributed by atoms with Crippen LogP contribution in [0.3, 0.4) is 0 Å². The molecule has 1 amide bonds. The van der Waals surface area contributed by atoms with E-state index in [9.17, 15) is 9.59 Å². The number of aliphatic imine (C=N–C) groups is 1. The highest BCUT2D eigenvalue weighted by molar-refractivity contribution is 6.08. The van der Waals surface area contributed by atoms with E-state index >= 15 is 0 Å². The van der Waals surface area contributed by atoms with Gasteiger partial charge in [0.25, 0.3) is 0 Å². The number of methoxy groups -OCH3 is 2. The zero-order chi connectivity index (χ0) is 24.1. The molecule has 2 aliphatic rings. The van der Waals surface area contributed by atoms with E-state index in [2.05, 4.69) is 15.2 Å². The minimum Gasteiger partial charge on any atom is -0.493 e. The summed E-state index contributed by atoms with van der Waals surface area (Å²) in [5.74, 6) is 0.270. The first-order chi connectivity index (χ1) is 16.5. The minimum atomic E-state index is -1.10. The minimum absolute atomic E-state index is 0.174. The van der Waals surface area contributed by atoms with Crippen molar-refractivity contribution in [3.05, 3.63) is 48.2 Å². The van der Waals surface area contributed by atoms with Crippen molar-refractivity contribution in [3.63, 3.8) is 0 Å². The van der Waals surface area contributed by atoms with Gasteiger partial charge in [0.1, 0.15) is 11.9 Å². The average molecular weight is 468 g/mol. The first kappa shape index (κ1) is 23.3. The molecule has 3 heterocycles. The third kappa shape index (κ3) is 4.75. The zero-order valence-electron chi connectivity index (χ0n) is 19.6. The molecular weight excluding hydrogens is 438 g/mol. The molecule has 0 aliphatic carbocycles. The van der Waals surface area contributed by atoms with Gasteiger partial charge < -0.3 is 24.0 Å². The standard InChI is InChI=1S/C24H29N5O5/c1-4-34-23(31)20-21(16-8-9-17(32-2)18(15-16)33-3)26-24(27-22(20)30)29-13-11-28(12-14-29)19-7-5-6-10-25-19/h5-10,15,20-21H,4,11-14H2,1-3H3,(H,26,27,30)/t20-,21-/m1/s1. The second-order valence-corrected chi connectivity index (χ2v) is 7.89. The number of hydrogen-bond donors (Lipinski definition) is 1. The number of aromatic nitrogens is 1. The molecule has 180 valence electrons. The van der Waals surface area contributed by atoms with Crippen molar-refractivity contribution in [3.8, 4) is 11.5 Å². The van der Waals surface area contributed by atoms with Gasteiger partial charge in [0.15, 0.2) is 17.4 Å². The van der Waals surface area contributed by atoms with Crippen LogP contribution in [0, 0.1) is 5.92 Å². The molecule has 0 unspecified atom stereocenters. The number of carbonyl (C=O) groups is 2. The topological polar surface area (TPSA) is 106 Å². The van der Waals surface area contributed by atoms with E-state index in [-0.39, 0.29) is 6.61 Å². The monoisotopic (exact) mass is 467 g/mol. The fraction of sp³-hybridized carbons (Fsp3) is 0.417. The molecule has 1 aromatic heterocycles. The van der Waals surface area contributed by atoms with E-state index in [4.69, 9.17) is 19.2 Å². The second kappa shape index (κ2) is 10.4. The van der Waals surface area contributed by atoms with Crippen LogP contribution < -0.4 is 19.7 Å². The summed E-state index contributed by atoms with van der Waals surface area (Å²) in [7, 11) is 3.09. The number of hydrogen-bond acceptors (Lipinski definition) is 9. The summed E-state index contributed by atoms with van der Waals surface area (Å²) in [5.41, 5.74) is 0.662. The van der Waals surface area contributed by atoms with Crippen molar-refractivity contribution in [1.29, 1.82) is 0 Å². The Bertz CT molecular complexity index is 1050. The highest BCUT2D eigenvalue weighted by Crippen LogP contribution is 2.36. The molecule has 10 heteroatoms. The molecule has 0 bridgehead atoms. The number of rotatable bonds is 6. The SMILES string of the molecule is CCOC(=O)[C@H]1C(=O)NC(N2CCN(c3ccccn3)CC2)=N[C@@H]1c1ccc(OC)c(OC)c1. The van der Waals surface area contributed by atoms with E-state index in [0.29, 0.717) is 36.1 Å². The van der Waals surface area contributed by atoms with Gasteiger partial charge in [-0.25, -0.2) is 9.98 Å². The Kier molecular flexibility index (Phi) is 7.15. The molecule has 34 heavy (non-hydrogen) atoms. The Hall–Kier alpha value is -3.82. The molecule has 2 aliphatic heterocycles. The Morgan fingerprint density at radius 3 is 2.44 bits per heavy atom. The molecule has 2 aromatic rings. The van der Waals surface area contributed by atoms with Gasteiger partial charge in [0.2, 0.25) is 11.9 Å². The summed E-state index contributed by atoms with van der Waals surface area (Å²) in [4.78, 5) is 39.3. The van der Waals surface area contributed by atoms with Crippen molar-refractivity contribution < 1.29 is 23.8 Å². The lowest BCUT2D eigenvalue weighted by Crippen LogP contribution is -2.57. The van der Waals surface area contributed by atoms with Gasteiger partial charge in [-0.2, -0.15) is 0 Å². The maximum absolute atomic E-state index is 13.1. The maximum Gasteiger partial charge on any atom is 0.321 e. The highest BCUT2D eigenvalue weighted by Gasteiger charge is 2.42. The Balaban J connectivity index is 1.61. The summed E-state index contributed by atoms with van der Waals surface area (Å²) in [5, 5.41) is 2.83. The first-order valence-corrected chi connectivity index (χ1v) is 11.2. The van der Waals surface area contributed by atoms with Gasteiger partial charge >= 0.3 is 5.97 Å². The summed E-state index contributed by atoms with van der Waals surface area (Å²) >= 11 is 0. The normalized spacial score (nSPS) is 20.3. The van der Waals surface area contributed by atoms with Crippen LogP contribution in [-0.2, 0) is 14.3 Å². The van der Waals surface area contributed by atoms with Crippen LogP contribution in [0.25, 0.3) is 0 Å². The number of anilines is 1. The molecule has 0 saturated carbocycles. The predicted octanol–water partition coefficient (Wildman–Crippen LogP) is 1.63. The van der Waals surface area contributed by atoms with Crippen LogP contribution in [-0.4, -0.2) is 74.7 Å². The highest BCUT2D eigenvalue weighted by atomic mass is 16.5. The van der Waals surface area contributed by atoms with Crippen LogP contribution in [0.2, 0.25) is 0 Å². The average Bonchev–Trinajstić information content (AvgIpc) is 2.88.